The van der Waals surface area contributed by atoms with Crippen LogP contribution >= 0.6 is 0 Å². The number of pyridine rings is 2. The number of benzene rings is 1. The van der Waals surface area contributed by atoms with E-state index in [0.717, 1.165) is 29.3 Å². The molecule has 26 heavy (non-hydrogen) atoms. The number of aryl methyl sites for hydroxylation is 1. The standard InChI is InChI=1S/C22H21N3O/c1-13-10-11-23-21(19(13)15-8-9-15)25-22(26)20-17(14-6-7-14)12-16-4-2-3-5-18(16)24-20/h2-5,10-12,14-15H,6-9H2,1H3,(H,23,25,26). The van der Waals surface area contributed by atoms with Gasteiger partial charge in [-0.2, -0.15) is 0 Å². The molecule has 2 aliphatic carbocycles. The molecule has 2 aromatic heterocycles. The molecule has 0 atom stereocenters. The van der Waals surface area contributed by atoms with E-state index in [1.807, 2.05) is 24.3 Å². The van der Waals surface area contributed by atoms with E-state index in [2.05, 4.69) is 29.4 Å². The van der Waals surface area contributed by atoms with Gasteiger partial charge in [-0.1, -0.05) is 18.2 Å². The van der Waals surface area contributed by atoms with Crippen molar-refractivity contribution in [1.29, 1.82) is 0 Å². The summed E-state index contributed by atoms with van der Waals surface area (Å²) >= 11 is 0. The fraction of sp³-hybridized carbons (Fsp3) is 0.318. The van der Waals surface area contributed by atoms with Crippen molar-refractivity contribution < 1.29 is 4.79 Å². The highest BCUT2D eigenvalue weighted by Crippen LogP contribution is 2.45. The molecule has 2 fully saturated rings. The number of carbonyl (C=O) groups is 1. The van der Waals surface area contributed by atoms with Crippen molar-refractivity contribution in [2.24, 2.45) is 0 Å². The molecule has 2 aliphatic rings. The van der Waals surface area contributed by atoms with E-state index in [1.54, 1.807) is 6.20 Å². The molecule has 0 spiro atoms. The molecule has 0 bridgehead atoms. The zero-order chi connectivity index (χ0) is 17.7. The number of hydrogen-bond acceptors (Lipinski definition) is 3. The SMILES string of the molecule is Cc1ccnc(NC(=O)c2nc3ccccc3cc2C2CC2)c1C1CC1. The summed E-state index contributed by atoms with van der Waals surface area (Å²) in [5.41, 5.74) is 4.88. The number of anilines is 1. The fourth-order valence-corrected chi connectivity index (χ4v) is 3.74. The van der Waals surface area contributed by atoms with Crippen molar-refractivity contribution in [3.8, 4) is 0 Å². The van der Waals surface area contributed by atoms with Crippen LogP contribution in [0.1, 0.15) is 64.7 Å². The average molecular weight is 343 g/mol. The smallest absolute Gasteiger partial charge is 0.275 e. The van der Waals surface area contributed by atoms with Crippen LogP contribution in [0.2, 0.25) is 0 Å². The molecule has 2 saturated carbocycles. The summed E-state index contributed by atoms with van der Waals surface area (Å²) in [5.74, 6) is 1.56. The summed E-state index contributed by atoms with van der Waals surface area (Å²) in [5, 5.41) is 4.16. The van der Waals surface area contributed by atoms with Gasteiger partial charge >= 0.3 is 0 Å². The van der Waals surface area contributed by atoms with Gasteiger partial charge in [0.05, 0.1) is 5.52 Å². The minimum absolute atomic E-state index is 0.141. The van der Waals surface area contributed by atoms with Gasteiger partial charge in [-0.3, -0.25) is 4.79 Å². The first kappa shape index (κ1) is 15.5. The third-order valence-corrected chi connectivity index (χ3v) is 5.41. The lowest BCUT2D eigenvalue weighted by atomic mass is 10.0. The predicted octanol–water partition coefficient (Wildman–Crippen LogP) is 4.95. The van der Waals surface area contributed by atoms with E-state index in [0.29, 0.717) is 23.3 Å². The largest absolute Gasteiger partial charge is 0.305 e. The first-order valence-electron chi connectivity index (χ1n) is 9.37. The van der Waals surface area contributed by atoms with Crippen molar-refractivity contribution in [1.82, 2.24) is 9.97 Å². The van der Waals surface area contributed by atoms with E-state index < -0.39 is 0 Å². The molecule has 1 N–H and O–H groups in total. The molecule has 4 nitrogen and oxygen atoms in total. The highest BCUT2D eigenvalue weighted by Gasteiger charge is 2.32. The quantitative estimate of drug-likeness (QED) is 0.729. The van der Waals surface area contributed by atoms with Crippen LogP contribution in [0.4, 0.5) is 5.82 Å². The van der Waals surface area contributed by atoms with Crippen LogP contribution < -0.4 is 5.32 Å². The molecule has 0 unspecified atom stereocenters. The van der Waals surface area contributed by atoms with Crippen molar-refractivity contribution in [2.75, 3.05) is 5.32 Å². The number of carbonyl (C=O) groups excluding carboxylic acids is 1. The maximum absolute atomic E-state index is 13.1. The number of para-hydroxylation sites is 1. The third kappa shape index (κ3) is 2.75. The number of amides is 1. The van der Waals surface area contributed by atoms with Gasteiger partial charge in [-0.15, -0.1) is 0 Å². The number of hydrogen-bond donors (Lipinski definition) is 1. The lowest BCUT2D eigenvalue weighted by molar-refractivity contribution is 0.102. The van der Waals surface area contributed by atoms with Crippen molar-refractivity contribution in [2.45, 2.75) is 44.4 Å². The third-order valence-electron chi connectivity index (χ3n) is 5.41. The molecule has 0 aliphatic heterocycles. The second-order valence-corrected chi connectivity index (χ2v) is 7.51. The van der Waals surface area contributed by atoms with Crippen molar-refractivity contribution >= 4 is 22.6 Å². The topological polar surface area (TPSA) is 54.9 Å². The molecular formula is C22H21N3O. The van der Waals surface area contributed by atoms with E-state index in [-0.39, 0.29) is 5.91 Å². The molecule has 5 rings (SSSR count). The van der Waals surface area contributed by atoms with Gasteiger partial charge in [0.2, 0.25) is 0 Å². The molecule has 130 valence electrons. The fourth-order valence-electron chi connectivity index (χ4n) is 3.74. The summed E-state index contributed by atoms with van der Waals surface area (Å²) in [6, 6.07) is 12.2. The molecule has 2 heterocycles. The lowest BCUT2D eigenvalue weighted by Crippen LogP contribution is -2.18. The second kappa shape index (κ2) is 5.90. The van der Waals surface area contributed by atoms with Gasteiger partial charge in [-0.25, -0.2) is 9.97 Å². The molecule has 4 heteroatoms. The second-order valence-electron chi connectivity index (χ2n) is 7.51. The Hall–Kier alpha value is -2.75. The summed E-state index contributed by atoms with van der Waals surface area (Å²) in [4.78, 5) is 22.3. The summed E-state index contributed by atoms with van der Waals surface area (Å²) < 4.78 is 0. The van der Waals surface area contributed by atoms with E-state index in [9.17, 15) is 4.79 Å². The monoisotopic (exact) mass is 343 g/mol. The molecule has 0 radical (unpaired) electrons. The predicted molar refractivity (Wildman–Crippen MR) is 103 cm³/mol. The minimum atomic E-state index is -0.141. The summed E-state index contributed by atoms with van der Waals surface area (Å²) in [6.45, 7) is 2.09. The average Bonchev–Trinajstić information content (AvgIpc) is 3.54. The van der Waals surface area contributed by atoms with Crippen LogP contribution in [0, 0.1) is 6.92 Å². The Labute approximate surface area is 152 Å². The van der Waals surface area contributed by atoms with Gasteiger partial charge < -0.3 is 5.32 Å². The number of aromatic nitrogens is 2. The highest BCUT2D eigenvalue weighted by molar-refractivity contribution is 6.05. The van der Waals surface area contributed by atoms with Gasteiger partial charge in [-0.05, 0) is 73.8 Å². The maximum Gasteiger partial charge on any atom is 0.275 e. The Bertz CT molecular complexity index is 1020. The van der Waals surface area contributed by atoms with E-state index in [4.69, 9.17) is 4.98 Å². The van der Waals surface area contributed by atoms with Crippen LogP contribution in [0.5, 0.6) is 0 Å². The van der Waals surface area contributed by atoms with Crippen LogP contribution in [0.25, 0.3) is 10.9 Å². The number of rotatable bonds is 4. The number of nitrogens with one attached hydrogen (secondary N) is 1. The Morgan fingerprint density at radius 2 is 1.85 bits per heavy atom. The Kier molecular flexibility index (Phi) is 3.52. The first-order valence-corrected chi connectivity index (χ1v) is 9.37. The van der Waals surface area contributed by atoms with Crippen LogP contribution in [0.15, 0.2) is 42.6 Å². The van der Waals surface area contributed by atoms with Crippen LogP contribution in [-0.2, 0) is 0 Å². The number of fused-ring (bicyclic) bond motifs is 1. The molecular weight excluding hydrogens is 322 g/mol. The van der Waals surface area contributed by atoms with Gasteiger partial charge in [0.25, 0.3) is 5.91 Å². The summed E-state index contributed by atoms with van der Waals surface area (Å²) in [7, 11) is 0. The van der Waals surface area contributed by atoms with Crippen LogP contribution in [-0.4, -0.2) is 15.9 Å². The molecule has 1 amide bonds. The van der Waals surface area contributed by atoms with Gasteiger partial charge in [0.15, 0.2) is 0 Å². The molecule has 0 saturated heterocycles. The summed E-state index contributed by atoms with van der Waals surface area (Å²) in [6.07, 6.45) is 6.40. The Morgan fingerprint density at radius 3 is 2.62 bits per heavy atom. The molecule has 3 aromatic rings. The van der Waals surface area contributed by atoms with Crippen molar-refractivity contribution in [3.05, 3.63) is 65.0 Å². The minimum Gasteiger partial charge on any atom is -0.305 e. The zero-order valence-corrected chi connectivity index (χ0v) is 14.8. The van der Waals surface area contributed by atoms with Gasteiger partial charge in [0.1, 0.15) is 11.5 Å². The van der Waals surface area contributed by atoms with E-state index >= 15 is 0 Å². The Balaban J connectivity index is 1.55. The van der Waals surface area contributed by atoms with Gasteiger partial charge in [0, 0.05) is 17.1 Å². The Morgan fingerprint density at radius 1 is 1.08 bits per heavy atom. The number of nitrogens with zero attached hydrogens (tertiary/aromatic N) is 2. The normalized spacial score (nSPS) is 16.7. The first-order chi connectivity index (χ1) is 12.7. The lowest BCUT2D eigenvalue weighted by Gasteiger charge is -2.14. The van der Waals surface area contributed by atoms with Crippen LogP contribution in [0.3, 0.4) is 0 Å². The highest BCUT2D eigenvalue weighted by atomic mass is 16.1. The zero-order valence-electron chi connectivity index (χ0n) is 14.8. The maximum atomic E-state index is 13.1. The van der Waals surface area contributed by atoms with E-state index in [1.165, 1.54) is 24.0 Å². The molecule has 1 aromatic carbocycles. The van der Waals surface area contributed by atoms with Crippen molar-refractivity contribution in [3.63, 3.8) is 0 Å².